The zero-order chi connectivity index (χ0) is 13.0. The van der Waals surface area contributed by atoms with Crippen LogP contribution in [-0.4, -0.2) is 0 Å². The highest BCUT2D eigenvalue weighted by Crippen LogP contribution is 2.28. The quantitative estimate of drug-likeness (QED) is 0.766. The smallest absolute Gasteiger partial charge is 0.165 e. The van der Waals surface area contributed by atoms with Crippen molar-refractivity contribution in [2.45, 2.75) is 5.38 Å². The van der Waals surface area contributed by atoms with Crippen molar-refractivity contribution >= 4 is 11.6 Å². The fourth-order valence-electron chi connectivity index (χ4n) is 1.46. The molecule has 1 atom stereocenters. The number of rotatable bonds is 3. The van der Waals surface area contributed by atoms with Crippen molar-refractivity contribution in [1.82, 2.24) is 0 Å². The molecule has 0 spiro atoms. The van der Waals surface area contributed by atoms with E-state index in [1.165, 1.54) is 12.1 Å². The van der Waals surface area contributed by atoms with E-state index in [0.717, 1.165) is 0 Å². The van der Waals surface area contributed by atoms with Gasteiger partial charge in [-0.2, -0.15) is 5.26 Å². The van der Waals surface area contributed by atoms with Gasteiger partial charge in [0.1, 0.15) is 11.1 Å². The molecule has 0 aliphatic rings. The Morgan fingerprint density at radius 3 is 2.67 bits per heavy atom. The van der Waals surface area contributed by atoms with E-state index in [9.17, 15) is 4.39 Å². The van der Waals surface area contributed by atoms with Gasteiger partial charge in [-0.05, 0) is 29.8 Å². The van der Waals surface area contributed by atoms with Gasteiger partial charge in [-0.3, -0.25) is 0 Å². The summed E-state index contributed by atoms with van der Waals surface area (Å²) in [6.07, 6.45) is 0. The Bertz CT molecular complexity index is 594. The molecule has 0 radical (unpaired) electrons. The van der Waals surface area contributed by atoms with Gasteiger partial charge in [0.05, 0.1) is 6.07 Å². The number of benzene rings is 2. The molecule has 0 saturated heterocycles. The maximum absolute atomic E-state index is 13.4. The standard InChI is InChI=1S/C14H9ClFNO/c15-12(9-17)10-4-3-5-11(8-10)18-14-7-2-1-6-13(14)16/h1-8,12H. The van der Waals surface area contributed by atoms with Crippen LogP contribution in [0, 0.1) is 17.1 Å². The van der Waals surface area contributed by atoms with E-state index >= 15 is 0 Å². The first-order chi connectivity index (χ1) is 8.70. The summed E-state index contributed by atoms with van der Waals surface area (Å²) >= 11 is 5.81. The lowest BCUT2D eigenvalue weighted by Gasteiger charge is -2.08. The number of halogens is 2. The Morgan fingerprint density at radius 2 is 1.94 bits per heavy atom. The third-order valence-corrected chi connectivity index (χ3v) is 2.68. The molecule has 0 fully saturated rings. The van der Waals surface area contributed by atoms with E-state index in [4.69, 9.17) is 21.6 Å². The van der Waals surface area contributed by atoms with Crippen LogP contribution in [0.15, 0.2) is 48.5 Å². The number of hydrogen-bond donors (Lipinski definition) is 0. The molecule has 2 aromatic carbocycles. The van der Waals surface area contributed by atoms with E-state index < -0.39 is 11.2 Å². The summed E-state index contributed by atoms with van der Waals surface area (Å²) in [5, 5.41) is 7.99. The Labute approximate surface area is 109 Å². The Kier molecular flexibility index (Phi) is 3.81. The van der Waals surface area contributed by atoms with Crippen molar-refractivity contribution in [2.75, 3.05) is 0 Å². The summed E-state index contributed by atoms with van der Waals surface area (Å²) in [7, 11) is 0. The van der Waals surface area contributed by atoms with Gasteiger partial charge < -0.3 is 4.74 Å². The highest BCUT2D eigenvalue weighted by atomic mass is 35.5. The predicted octanol–water partition coefficient (Wildman–Crippen LogP) is 4.42. The molecule has 0 N–H and O–H groups in total. The van der Waals surface area contributed by atoms with Crippen LogP contribution in [0.4, 0.5) is 4.39 Å². The second-order valence-corrected chi connectivity index (χ2v) is 4.03. The van der Waals surface area contributed by atoms with Crippen molar-refractivity contribution in [3.63, 3.8) is 0 Å². The highest BCUT2D eigenvalue weighted by molar-refractivity contribution is 6.22. The lowest BCUT2D eigenvalue weighted by atomic mass is 10.1. The molecule has 0 aliphatic carbocycles. The van der Waals surface area contributed by atoms with E-state index in [1.807, 2.05) is 6.07 Å². The summed E-state index contributed by atoms with van der Waals surface area (Å²) in [6.45, 7) is 0. The van der Waals surface area contributed by atoms with Crippen molar-refractivity contribution in [2.24, 2.45) is 0 Å². The molecular formula is C14H9ClFNO. The van der Waals surface area contributed by atoms with Gasteiger partial charge >= 0.3 is 0 Å². The fraction of sp³-hybridized carbons (Fsp3) is 0.0714. The molecule has 0 amide bonds. The number of hydrogen-bond acceptors (Lipinski definition) is 2. The number of para-hydroxylation sites is 1. The first-order valence-corrected chi connectivity index (χ1v) is 5.70. The summed E-state index contributed by atoms with van der Waals surface area (Å²) in [6, 6.07) is 14.8. The molecule has 2 aromatic rings. The maximum atomic E-state index is 13.4. The largest absolute Gasteiger partial charge is 0.454 e. The topological polar surface area (TPSA) is 33.0 Å². The minimum absolute atomic E-state index is 0.137. The average Bonchev–Trinajstić information content (AvgIpc) is 2.41. The Hall–Kier alpha value is -2.05. The summed E-state index contributed by atoms with van der Waals surface area (Å²) in [5.74, 6) is 0.141. The summed E-state index contributed by atoms with van der Waals surface area (Å²) < 4.78 is 18.8. The van der Waals surface area contributed by atoms with Crippen LogP contribution in [0.25, 0.3) is 0 Å². The fourth-order valence-corrected chi connectivity index (χ4v) is 1.60. The van der Waals surface area contributed by atoms with E-state index in [-0.39, 0.29) is 5.75 Å². The molecule has 0 heterocycles. The van der Waals surface area contributed by atoms with Crippen molar-refractivity contribution in [3.05, 3.63) is 59.9 Å². The predicted molar refractivity (Wildman–Crippen MR) is 67.1 cm³/mol. The number of nitriles is 1. The second-order valence-electron chi connectivity index (χ2n) is 3.60. The highest BCUT2D eigenvalue weighted by Gasteiger charge is 2.08. The van der Waals surface area contributed by atoms with Gasteiger partial charge in [-0.25, -0.2) is 4.39 Å². The van der Waals surface area contributed by atoms with E-state index in [1.54, 1.807) is 36.4 Å². The Balaban J connectivity index is 2.26. The van der Waals surface area contributed by atoms with Gasteiger partial charge in [0.2, 0.25) is 0 Å². The van der Waals surface area contributed by atoms with Crippen LogP contribution in [0.1, 0.15) is 10.9 Å². The molecule has 0 aliphatic heterocycles. The molecular weight excluding hydrogens is 253 g/mol. The van der Waals surface area contributed by atoms with Gasteiger partial charge in [0.25, 0.3) is 0 Å². The van der Waals surface area contributed by atoms with E-state index in [0.29, 0.717) is 11.3 Å². The summed E-state index contributed by atoms with van der Waals surface area (Å²) in [5.41, 5.74) is 0.619. The lowest BCUT2D eigenvalue weighted by Crippen LogP contribution is -1.90. The minimum Gasteiger partial charge on any atom is -0.454 e. The maximum Gasteiger partial charge on any atom is 0.165 e. The molecule has 0 bridgehead atoms. The third kappa shape index (κ3) is 2.79. The SMILES string of the molecule is N#CC(Cl)c1cccc(Oc2ccccc2F)c1. The van der Waals surface area contributed by atoms with Gasteiger partial charge in [0, 0.05) is 0 Å². The van der Waals surface area contributed by atoms with Gasteiger partial charge in [-0.15, -0.1) is 11.6 Å². The zero-order valence-corrected chi connectivity index (χ0v) is 10.1. The molecule has 90 valence electrons. The normalized spacial score (nSPS) is 11.6. The molecule has 18 heavy (non-hydrogen) atoms. The number of nitrogens with zero attached hydrogens (tertiary/aromatic N) is 1. The number of alkyl halides is 1. The lowest BCUT2D eigenvalue weighted by molar-refractivity contribution is 0.442. The van der Waals surface area contributed by atoms with Crippen LogP contribution in [-0.2, 0) is 0 Å². The van der Waals surface area contributed by atoms with Gasteiger partial charge in [-0.1, -0.05) is 24.3 Å². The van der Waals surface area contributed by atoms with Crippen molar-refractivity contribution in [3.8, 4) is 17.6 Å². The molecule has 2 rings (SSSR count). The molecule has 0 saturated carbocycles. The average molecular weight is 262 g/mol. The van der Waals surface area contributed by atoms with Gasteiger partial charge in [0.15, 0.2) is 11.6 Å². The second kappa shape index (κ2) is 5.52. The molecule has 4 heteroatoms. The Morgan fingerprint density at radius 1 is 1.17 bits per heavy atom. The van der Waals surface area contributed by atoms with Crippen molar-refractivity contribution < 1.29 is 9.13 Å². The van der Waals surface area contributed by atoms with Crippen LogP contribution in [0.2, 0.25) is 0 Å². The first kappa shape index (κ1) is 12.4. The van der Waals surface area contributed by atoms with Crippen LogP contribution in [0.5, 0.6) is 11.5 Å². The zero-order valence-electron chi connectivity index (χ0n) is 9.31. The third-order valence-electron chi connectivity index (χ3n) is 2.33. The summed E-state index contributed by atoms with van der Waals surface area (Å²) in [4.78, 5) is 0. The number of ether oxygens (including phenoxy) is 1. The van der Waals surface area contributed by atoms with Crippen LogP contribution >= 0.6 is 11.6 Å². The molecule has 2 nitrogen and oxygen atoms in total. The minimum atomic E-state index is -0.742. The first-order valence-electron chi connectivity index (χ1n) is 5.27. The molecule has 0 aromatic heterocycles. The monoisotopic (exact) mass is 261 g/mol. The van der Waals surface area contributed by atoms with Crippen molar-refractivity contribution in [1.29, 1.82) is 5.26 Å². The van der Waals surface area contributed by atoms with E-state index in [2.05, 4.69) is 0 Å². The molecule has 1 unspecified atom stereocenters. The van der Waals surface area contributed by atoms with Crippen LogP contribution in [0.3, 0.4) is 0 Å². The van der Waals surface area contributed by atoms with Crippen LogP contribution < -0.4 is 4.74 Å².